The molecule has 0 saturated carbocycles. The fraction of sp³-hybridized carbons (Fsp3) is 0.381. The van der Waals surface area contributed by atoms with Gasteiger partial charge in [-0.25, -0.2) is 4.39 Å². The monoisotopic (exact) mass is 448 g/mol. The molecule has 0 atom stereocenters. The maximum absolute atomic E-state index is 13.9. The van der Waals surface area contributed by atoms with E-state index in [0.717, 1.165) is 37.3 Å². The second-order valence-corrected chi connectivity index (χ2v) is 7.59. The van der Waals surface area contributed by atoms with Crippen molar-refractivity contribution in [2.75, 3.05) is 33.4 Å². The Morgan fingerprint density at radius 2 is 1.75 bits per heavy atom. The molecular weight excluding hydrogens is 423 g/mol. The Hall–Kier alpha value is -1.96. The average molecular weight is 449 g/mol. The zero-order chi connectivity index (χ0) is 19.8. The largest absolute Gasteiger partial charge is 0.379 e. The summed E-state index contributed by atoms with van der Waals surface area (Å²) < 4.78 is 20.2. The van der Waals surface area contributed by atoms with Crippen LogP contribution in [0.25, 0.3) is 0 Å². The average Bonchev–Trinajstić information content (AvgIpc) is 2.72. The molecule has 0 unspecified atom stereocenters. The van der Waals surface area contributed by atoms with Crippen molar-refractivity contribution in [3.8, 4) is 0 Å². The molecule has 0 aromatic heterocycles. The van der Waals surface area contributed by atoms with Crippen molar-refractivity contribution in [1.82, 2.24) is 15.5 Å². The molecule has 1 aliphatic rings. The molecule has 2 aromatic rings. The maximum atomic E-state index is 13.9. The van der Waals surface area contributed by atoms with Crippen LogP contribution in [0.1, 0.15) is 16.7 Å². The quantitative estimate of drug-likeness (QED) is 0.525. The molecule has 1 aliphatic heterocycles. The molecule has 0 radical (unpaired) electrons. The molecule has 2 N–H and O–H groups in total. The Kier molecular flexibility index (Phi) is 7.82. The highest BCUT2D eigenvalue weighted by Crippen LogP contribution is 2.15. The molecule has 0 aliphatic carbocycles. The summed E-state index contributed by atoms with van der Waals surface area (Å²) in [7, 11) is 1.71. The molecule has 0 amide bonds. The van der Waals surface area contributed by atoms with E-state index in [0.29, 0.717) is 24.6 Å². The summed E-state index contributed by atoms with van der Waals surface area (Å²) in [4.78, 5) is 6.66. The van der Waals surface area contributed by atoms with Gasteiger partial charge in [0, 0.05) is 49.8 Å². The molecule has 0 bridgehead atoms. The predicted octanol–water partition coefficient (Wildman–Crippen LogP) is 3.29. The smallest absolute Gasteiger partial charge is 0.191 e. The number of aliphatic imine (C=N–C) groups is 1. The summed E-state index contributed by atoms with van der Waals surface area (Å²) in [6.07, 6.45) is 0. The topological polar surface area (TPSA) is 48.9 Å². The number of guanidine groups is 1. The van der Waals surface area contributed by atoms with E-state index >= 15 is 0 Å². The van der Waals surface area contributed by atoms with E-state index in [1.807, 2.05) is 6.07 Å². The van der Waals surface area contributed by atoms with E-state index in [9.17, 15) is 4.39 Å². The van der Waals surface area contributed by atoms with Gasteiger partial charge in [0.15, 0.2) is 5.96 Å². The van der Waals surface area contributed by atoms with Crippen LogP contribution in [0, 0.1) is 5.82 Å². The van der Waals surface area contributed by atoms with Gasteiger partial charge in [0.2, 0.25) is 0 Å². The van der Waals surface area contributed by atoms with E-state index in [4.69, 9.17) is 4.74 Å². The fourth-order valence-corrected chi connectivity index (χ4v) is 3.55. The van der Waals surface area contributed by atoms with Crippen molar-refractivity contribution in [1.29, 1.82) is 0 Å². The second kappa shape index (κ2) is 10.5. The van der Waals surface area contributed by atoms with Crippen molar-refractivity contribution >= 4 is 21.9 Å². The molecule has 1 heterocycles. The van der Waals surface area contributed by atoms with Crippen molar-refractivity contribution in [3.05, 3.63) is 69.4 Å². The number of nitrogens with one attached hydrogen (secondary N) is 2. The molecular formula is C21H26BrFN4O. The molecule has 2 aromatic carbocycles. The lowest BCUT2D eigenvalue weighted by atomic mass is 10.1. The van der Waals surface area contributed by atoms with Crippen LogP contribution in [-0.4, -0.2) is 44.2 Å². The van der Waals surface area contributed by atoms with Crippen LogP contribution >= 0.6 is 15.9 Å². The first-order valence-electron chi connectivity index (χ1n) is 9.41. The molecule has 5 nitrogen and oxygen atoms in total. The number of rotatable bonds is 6. The van der Waals surface area contributed by atoms with Crippen molar-refractivity contribution in [2.24, 2.45) is 4.99 Å². The van der Waals surface area contributed by atoms with E-state index < -0.39 is 0 Å². The Balaban J connectivity index is 1.57. The van der Waals surface area contributed by atoms with Gasteiger partial charge in [0.1, 0.15) is 5.82 Å². The summed E-state index contributed by atoms with van der Waals surface area (Å²) in [5, 5.41) is 6.51. The van der Waals surface area contributed by atoms with Crippen molar-refractivity contribution in [2.45, 2.75) is 19.6 Å². The number of hydrogen-bond donors (Lipinski definition) is 2. The molecule has 1 saturated heterocycles. The van der Waals surface area contributed by atoms with Gasteiger partial charge in [-0.2, -0.15) is 0 Å². The third kappa shape index (κ3) is 6.02. The molecule has 0 spiro atoms. The van der Waals surface area contributed by atoms with Crippen LogP contribution in [0.2, 0.25) is 0 Å². The lowest BCUT2D eigenvalue weighted by Gasteiger charge is -2.27. The molecule has 28 heavy (non-hydrogen) atoms. The lowest BCUT2D eigenvalue weighted by Crippen LogP contribution is -2.37. The minimum Gasteiger partial charge on any atom is -0.379 e. The SMILES string of the molecule is CN=C(NCc1cc(Br)ccc1F)NCc1ccccc1CN1CCOCC1. The first-order chi connectivity index (χ1) is 13.7. The van der Waals surface area contributed by atoms with Gasteiger partial charge in [0.05, 0.1) is 13.2 Å². The third-order valence-electron chi connectivity index (χ3n) is 4.74. The summed E-state index contributed by atoms with van der Waals surface area (Å²) in [5.41, 5.74) is 3.11. The zero-order valence-electron chi connectivity index (χ0n) is 16.0. The van der Waals surface area contributed by atoms with Crippen LogP contribution in [0.3, 0.4) is 0 Å². The van der Waals surface area contributed by atoms with Gasteiger partial charge < -0.3 is 15.4 Å². The van der Waals surface area contributed by atoms with E-state index in [2.05, 4.69) is 54.7 Å². The Labute approximate surface area is 174 Å². The van der Waals surface area contributed by atoms with Gasteiger partial charge >= 0.3 is 0 Å². The summed E-state index contributed by atoms with van der Waals surface area (Å²) >= 11 is 3.38. The Bertz CT molecular complexity index is 809. The summed E-state index contributed by atoms with van der Waals surface area (Å²) in [6.45, 7) is 5.44. The van der Waals surface area contributed by atoms with Gasteiger partial charge in [-0.15, -0.1) is 0 Å². The van der Waals surface area contributed by atoms with Crippen LogP contribution in [0.15, 0.2) is 51.9 Å². The fourth-order valence-electron chi connectivity index (χ4n) is 3.14. The standard InChI is InChI=1S/C21H26BrFN4O/c1-24-21(26-14-18-12-19(22)6-7-20(18)23)25-13-16-4-2-3-5-17(16)15-27-8-10-28-11-9-27/h2-7,12H,8-11,13-15H2,1H3,(H2,24,25,26). The summed E-state index contributed by atoms with van der Waals surface area (Å²) in [6, 6.07) is 13.3. The number of morpholine rings is 1. The molecule has 7 heteroatoms. The maximum Gasteiger partial charge on any atom is 0.191 e. The number of ether oxygens (including phenoxy) is 1. The number of hydrogen-bond acceptors (Lipinski definition) is 3. The molecule has 150 valence electrons. The first-order valence-corrected chi connectivity index (χ1v) is 10.2. The van der Waals surface area contributed by atoms with Gasteiger partial charge in [-0.3, -0.25) is 9.89 Å². The second-order valence-electron chi connectivity index (χ2n) is 6.67. The highest BCUT2D eigenvalue weighted by Gasteiger charge is 2.13. The van der Waals surface area contributed by atoms with Crippen molar-refractivity contribution < 1.29 is 9.13 Å². The van der Waals surface area contributed by atoms with Gasteiger partial charge in [-0.1, -0.05) is 40.2 Å². The van der Waals surface area contributed by atoms with E-state index in [1.165, 1.54) is 17.2 Å². The lowest BCUT2D eigenvalue weighted by molar-refractivity contribution is 0.0341. The first kappa shape index (κ1) is 20.8. The summed E-state index contributed by atoms with van der Waals surface area (Å²) in [5.74, 6) is 0.405. The highest BCUT2D eigenvalue weighted by atomic mass is 79.9. The number of nitrogens with zero attached hydrogens (tertiary/aromatic N) is 2. The van der Waals surface area contributed by atoms with Crippen LogP contribution in [0.5, 0.6) is 0 Å². The van der Waals surface area contributed by atoms with Crippen LogP contribution in [0.4, 0.5) is 4.39 Å². The van der Waals surface area contributed by atoms with Crippen LogP contribution in [-0.2, 0) is 24.4 Å². The third-order valence-corrected chi connectivity index (χ3v) is 5.23. The predicted molar refractivity (Wildman–Crippen MR) is 114 cm³/mol. The van der Waals surface area contributed by atoms with E-state index in [1.54, 1.807) is 19.2 Å². The minimum absolute atomic E-state index is 0.234. The highest BCUT2D eigenvalue weighted by molar-refractivity contribution is 9.10. The molecule has 3 rings (SSSR count). The number of halogens is 2. The minimum atomic E-state index is -0.234. The normalized spacial score (nSPS) is 15.5. The van der Waals surface area contributed by atoms with Gasteiger partial charge in [-0.05, 0) is 29.3 Å². The number of benzene rings is 2. The Morgan fingerprint density at radius 3 is 2.46 bits per heavy atom. The van der Waals surface area contributed by atoms with Crippen LogP contribution < -0.4 is 10.6 Å². The van der Waals surface area contributed by atoms with Crippen molar-refractivity contribution in [3.63, 3.8) is 0 Å². The zero-order valence-corrected chi connectivity index (χ0v) is 17.6. The molecule has 1 fully saturated rings. The van der Waals surface area contributed by atoms with E-state index in [-0.39, 0.29) is 5.82 Å². The van der Waals surface area contributed by atoms with Gasteiger partial charge in [0.25, 0.3) is 0 Å². The Morgan fingerprint density at radius 1 is 1.07 bits per heavy atom.